The van der Waals surface area contributed by atoms with Crippen molar-refractivity contribution in [3.63, 3.8) is 0 Å². The third-order valence-electron chi connectivity index (χ3n) is 1.65. The van der Waals surface area contributed by atoms with Crippen LogP contribution in [0.5, 0.6) is 0 Å². The van der Waals surface area contributed by atoms with Crippen LogP contribution in [0.15, 0.2) is 18.2 Å². The molecule has 2 nitrogen and oxygen atoms in total. The number of hydrogen-bond donors (Lipinski definition) is 1. The average molecular weight is 206 g/mol. The maximum atomic E-state index is 8.56. The topological polar surface area (TPSA) is 49.8 Å². The second kappa shape index (κ2) is 10.6. The highest BCUT2D eigenvalue weighted by atomic mass is 14.6. The molecular weight excluding hydrogens is 184 g/mol. The van der Waals surface area contributed by atoms with Crippen molar-refractivity contribution < 1.29 is 0 Å². The normalized spacial score (nSPS) is 7.47. The summed E-state index contributed by atoms with van der Waals surface area (Å²) in [6, 6.07) is 7.41. The molecule has 15 heavy (non-hydrogen) atoms. The van der Waals surface area contributed by atoms with Gasteiger partial charge in [0.25, 0.3) is 0 Å². The smallest absolute Gasteiger partial charge is 0.0991 e. The van der Waals surface area contributed by atoms with Crippen LogP contribution < -0.4 is 5.73 Å². The zero-order valence-corrected chi connectivity index (χ0v) is 10.5. The van der Waals surface area contributed by atoms with Gasteiger partial charge in [-0.05, 0) is 30.2 Å². The monoisotopic (exact) mass is 206 g/mol. The van der Waals surface area contributed by atoms with Crippen LogP contribution in [0.4, 0.5) is 5.69 Å². The minimum absolute atomic E-state index is 0.677. The van der Waals surface area contributed by atoms with Crippen molar-refractivity contribution in [3.8, 4) is 6.07 Å². The minimum Gasteiger partial charge on any atom is -0.399 e. The van der Waals surface area contributed by atoms with E-state index in [2.05, 4.69) is 6.07 Å². The van der Waals surface area contributed by atoms with Gasteiger partial charge in [0.05, 0.1) is 11.6 Å². The molecule has 0 amide bonds. The van der Waals surface area contributed by atoms with Gasteiger partial charge in [0, 0.05) is 5.69 Å². The van der Waals surface area contributed by atoms with E-state index < -0.39 is 0 Å². The highest BCUT2D eigenvalue weighted by Crippen LogP contribution is 2.13. The van der Waals surface area contributed by atoms with Crippen molar-refractivity contribution in [2.24, 2.45) is 0 Å². The summed E-state index contributed by atoms with van der Waals surface area (Å²) in [7, 11) is 0. The lowest BCUT2D eigenvalue weighted by Crippen LogP contribution is -1.92. The zero-order chi connectivity index (χ0) is 12.3. The largest absolute Gasteiger partial charge is 0.399 e. The van der Waals surface area contributed by atoms with E-state index in [0.717, 1.165) is 17.7 Å². The lowest BCUT2D eigenvalue weighted by atomic mass is 10.1. The van der Waals surface area contributed by atoms with Gasteiger partial charge in [-0.2, -0.15) is 5.26 Å². The van der Waals surface area contributed by atoms with E-state index in [4.69, 9.17) is 11.0 Å². The number of nitrogen functional groups attached to an aromatic ring is 1. The van der Waals surface area contributed by atoms with Gasteiger partial charge in [0.15, 0.2) is 0 Å². The molecule has 0 spiro atoms. The molecule has 1 rings (SSSR count). The van der Waals surface area contributed by atoms with Gasteiger partial charge in [0.1, 0.15) is 0 Å². The standard InChI is InChI=1S/C9H10N2.2C2H6/c1-2-8-5-7(6-10)3-4-9(8)11;2*1-2/h3-5H,2,11H2,1H3;2*1-2H3. The van der Waals surface area contributed by atoms with Crippen LogP contribution in [-0.4, -0.2) is 0 Å². The summed E-state index contributed by atoms with van der Waals surface area (Å²) < 4.78 is 0. The molecule has 0 fully saturated rings. The summed E-state index contributed by atoms with van der Waals surface area (Å²) in [6.45, 7) is 10.0. The summed E-state index contributed by atoms with van der Waals surface area (Å²) in [5.74, 6) is 0. The molecule has 0 bridgehead atoms. The van der Waals surface area contributed by atoms with Crippen molar-refractivity contribution in [1.82, 2.24) is 0 Å². The molecule has 0 aliphatic rings. The predicted octanol–water partition coefficient (Wildman–Crippen LogP) is 3.76. The van der Waals surface area contributed by atoms with Gasteiger partial charge in [-0.15, -0.1) is 0 Å². The van der Waals surface area contributed by atoms with Crippen LogP contribution in [0, 0.1) is 11.3 Å². The van der Waals surface area contributed by atoms with Crippen LogP contribution >= 0.6 is 0 Å². The molecule has 0 unspecified atom stereocenters. The second-order valence-corrected chi connectivity index (χ2v) is 2.38. The van der Waals surface area contributed by atoms with Gasteiger partial charge in [-0.1, -0.05) is 34.6 Å². The van der Waals surface area contributed by atoms with Crippen molar-refractivity contribution in [2.45, 2.75) is 41.0 Å². The minimum atomic E-state index is 0.677. The molecule has 0 aliphatic carbocycles. The summed E-state index contributed by atoms with van der Waals surface area (Å²) >= 11 is 0. The maximum Gasteiger partial charge on any atom is 0.0991 e. The molecular formula is C13H22N2. The van der Waals surface area contributed by atoms with Gasteiger partial charge >= 0.3 is 0 Å². The molecule has 0 aliphatic heterocycles. The lowest BCUT2D eigenvalue weighted by Gasteiger charge is -2.00. The number of rotatable bonds is 1. The Labute approximate surface area is 93.7 Å². The Hall–Kier alpha value is -1.49. The van der Waals surface area contributed by atoms with E-state index in [1.54, 1.807) is 12.1 Å². The number of anilines is 1. The van der Waals surface area contributed by atoms with E-state index in [0.29, 0.717) is 5.56 Å². The first-order chi connectivity index (χ1) is 7.27. The average Bonchev–Trinajstić information content (AvgIpc) is 2.35. The molecule has 0 aromatic heterocycles. The number of hydrogen-bond acceptors (Lipinski definition) is 2. The fourth-order valence-corrected chi connectivity index (χ4v) is 0.981. The first-order valence-electron chi connectivity index (χ1n) is 5.56. The maximum absolute atomic E-state index is 8.56. The Balaban J connectivity index is 0. The van der Waals surface area contributed by atoms with Gasteiger partial charge in [-0.3, -0.25) is 0 Å². The Kier molecular flexibility index (Phi) is 11.3. The van der Waals surface area contributed by atoms with E-state index in [-0.39, 0.29) is 0 Å². The number of nitrogens with two attached hydrogens (primary N) is 1. The van der Waals surface area contributed by atoms with E-state index in [1.165, 1.54) is 0 Å². The highest BCUT2D eigenvalue weighted by molar-refractivity contribution is 5.50. The first kappa shape index (κ1) is 16.0. The van der Waals surface area contributed by atoms with Gasteiger partial charge in [0.2, 0.25) is 0 Å². The molecule has 0 saturated heterocycles. The fraction of sp³-hybridized carbons (Fsp3) is 0.462. The Morgan fingerprint density at radius 2 is 1.73 bits per heavy atom. The first-order valence-corrected chi connectivity index (χ1v) is 5.56. The second-order valence-electron chi connectivity index (χ2n) is 2.38. The van der Waals surface area contributed by atoms with Crippen molar-refractivity contribution in [3.05, 3.63) is 29.3 Å². The van der Waals surface area contributed by atoms with Crippen LogP contribution in [0.25, 0.3) is 0 Å². The molecule has 0 atom stereocenters. The third-order valence-corrected chi connectivity index (χ3v) is 1.65. The molecule has 0 saturated carbocycles. The summed E-state index contributed by atoms with van der Waals surface area (Å²) in [4.78, 5) is 0. The Bertz CT molecular complexity index is 298. The number of nitrogens with zero attached hydrogens (tertiary/aromatic N) is 1. The summed E-state index contributed by atoms with van der Waals surface area (Å²) in [5.41, 5.74) is 8.14. The zero-order valence-electron chi connectivity index (χ0n) is 10.5. The fourth-order valence-electron chi connectivity index (χ4n) is 0.981. The molecule has 2 heteroatoms. The highest BCUT2D eigenvalue weighted by Gasteiger charge is 1.96. The van der Waals surface area contributed by atoms with Crippen molar-refractivity contribution in [1.29, 1.82) is 5.26 Å². The van der Waals surface area contributed by atoms with Crippen LogP contribution in [0.1, 0.15) is 45.7 Å². The number of aryl methyl sites for hydroxylation is 1. The quantitative estimate of drug-likeness (QED) is 0.711. The molecule has 0 heterocycles. The van der Waals surface area contributed by atoms with Crippen LogP contribution in [-0.2, 0) is 6.42 Å². The summed E-state index contributed by atoms with van der Waals surface area (Å²) in [6.07, 6.45) is 0.876. The molecule has 0 radical (unpaired) electrons. The summed E-state index contributed by atoms with van der Waals surface area (Å²) in [5, 5.41) is 8.56. The molecule has 84 valence electrons. The third kappa shape index (κ3) is 5.74. The Morgan fingerprint density at radius 3 is 2.13 bits per heavy atom. The predicted molar refractivity (Wildman–Crippen MR) is 67.6 cm³/mol. The van der Waals surface area contributed by atoms with E-state index in [9.17, 15) is 0 Å². The lowest BCUT2D eigenvalue weighted by molar-refractivity contribution is 1.14. The molecule has 1 aromatic rings. The number of nitriles is 1. The molecule has 2 N–H and O–H groups in total. The van der Waals surface area contributed by atoms with Crippen LogP contribution in [0.2, 0.25) is 0 Å². The SMILES string of the molecule is CC.CC.CCc1cc(C#N)ccc1N. The van der Waals surface area contributed by atoms with Crippen molar-refractivity contribution >= 4 is 5.69 Å². The van der Waals surface area contributed by atoms with Gasteiger partial charge < -0.3 is 5.73 Å². The van der Waals surface area contributed by atoms with Crippen LogP contribution in [0.3, 0.4) is 0 Å². The van der Waals surface area contributed by atoms with E-state index >= 15 is 0 Å². The van der Waals surface area contributed by atoms with Crippen molar-refractivity contribution in [2.75, 3.05) is 5.73 Å². The molecule has 1 aromatic carbocycles. The van der Waals surface area contributed by atoms with E-state index in [1.807, 2.05) is 40.7 Å². The number of benzene rings is 1. The van der Waals surface area contributed by atoms with Gasteiger partial charge in [-0.25, -0.2) is 0 Å². The Morgan fingerprint density at radius 1 is 1.20 bits per heavy atom.